The van der Waals surface area contributed by atoms with E-state index in [1.165, 1.54) is 31.5 Å². The van der Waals surface area contributed by atoms with Gasteiger partial charge in [0.1, 0.15) is 34.1 Å². The maximum absolute atomic E-state index is 14.1. The average molecular weight is 393 g/mol. The number of anilines is 1. The lowest BCUT2D eigenvalue weighted by molar-refractivity contribution is 0.419. The summed E-state index contributed by atoms with van der Waals surface area (Å²) < 4.78 is 33.5. The number of nitrogens with zero attached hydrogens (tertiary/aromatic N) is 2. The van der Waals surface area contributed by atoms with Crippen LogP contribution in [0, 0.1) is 11.6 Å². The predicted octanol–water partition coefficient (Wildman–Crippen LogP) is 3.49. The Balaban J connectivity index is 2.03. The lowest BCUT2D eigenvalue weighted by Gasteiger charge is -2.14. The molecule has 5 rings (SSSR count). The highest BCUT2D eigenvalue weighted by Gasteiger charge is 2.20. The van der Waals surface area contributed by atoms with Gasteiger partial charge in [0.15, 0.2) is 0 Å². The van der Waals surface area contributed by atoms with E-state index in [2.05, 4.69) is 20.2 Å². The number of nitrogen functional groups attached to an aromatic ring is 1. The molecule has 0 unspecified atom stereocenters. The molecule has 0 saturated heterocycles. The zero-order valence-corrected chi connectivity index (χ0v) is 15.0. The largest absolute Gasteiger partial charge is 0.494 e. The fourth-order valence-electron chi connectivity index (χ4n) is 3.68. The fraction of sp³-hybridized carbons (Fsp3) is 0.0500. The van der Waals surface area contributed by atoms with Crippen molar-refractivity contribution in [2.45, 2.75) is 0 Å². The summed E-state index contributed by atoms with van der Waals surface area (Å²) in [5.74, 6) is -0.667. The number of H-pyrrole nitrogens is 2. The van der Waals surface area contributed by atoms with Gasteiger partial charge in [-0.15, -0.1) is 0 Å². The van der Waals surface area contributed by atoms with Crippen LogP contribution in [-0.4, -0.2) is 27.3 Å². The Morgan fingerprint density at radius 3 is 2.69 bits per heavy atom. The number of aromatic amines is 2. The highest BCUT2D eigenvalue weighted by Crippen LogP contribution is 2.40. The summed E-state index contributed by atoms with van der Waals surface area (Å²) in [7, 11) is 1.46. The molecule has 144 valence electrons. The van der Waals surface area contributed by atoms with Crippen LogP contribution in [0.15, 0.2) is 41.5 Å². The van der Waals surface area contributed by atoms with Gasteiger partial charge in [0.05, 0.1) is 25.0 Å². The van der Waals surface area contributed by atoms with Gasteiger partial charge in [-0.25, -0.2) is 13.8 Å². The lowest BCUT2D eigenvalue weighted by Crippen LogP contribution is -2.14. The smallest absolute Gasteiger partial charge is 0.272 e. The quantitative estimate of drug-likeness (QED) is 0.398. The standard InChI is InChI=1S/C20H13F2N5O2/c1-29-14-5-10-15(9-2-3-13(22)18-12(9)7-25-27-18)16(23)20(28)26-17(10)11-4-8(21)6-24-19(11)14/h2-7H,23H2,1H3,(H,25,27)(H,26,28). The Morgan fingerprint density at radius 2 is 1.90 bits per heavy atom. The van der Waals surface area contributed by atoms with Crippen molar-refractivity contribution in [2.24, 2.45) is 0 Å². The summed E-state index contributed by atoms with van der Waals surface area (Å²) in [5, 5.41) is 7.83. The molecule has 0 aliphatic heterocycles. The summed E-state index contributed by atoms with van der Waals surface area (Å²) in [4.78, 5) is 19.4. The summed E-state index contributed by atoms with van der Waals surface area (Å²) in [6.07, 6.45) is 2.53. The van der Waals surface area contributed by atoms with Crippen LogP contribution in [0.25, 0.3) is 43.8 Å². The van der Waals surface area contributed by atoms with E-state index in [1.54, 1.807) is 6.07 Å². The van der Waals surface area contributed by atoms with Crippen LogP contribution >= 0.6 is 0 Å². The minimum Gasteiger partial charge on any atom is -0.494 e. The number of methoxy groups -OCH3 is 1. The van der Waals surface area contributed by atoms with E-state index in [-0.39, 0.29) is 11.2 Å². The molecule has 2 aromatic carbocycles. The fourth-order valence-corrected chi connectivity index (χ4v) is 3.68. The summed E-state index contributed by atoms with van der Waals surface area (Å²) in [6, 6.07) is 5.72. The Bertz CT molecular complexity index is 1510. The molecule has 5 aromatic rings. The van der Waals surface area contributed by atoms with Crippen LogP contribution < -0.4 is 16.0 Å². The van der Waals surface area contributed by atoms with Crippen molar-refractivity contribution < 1.29 is 13.5 Å². The first kappa shape index (κ1) is 17.1. The van der Waals surface area contributed by atoms with Crippen molar-refractivity contribution in [3.05, 3.63) is 58.6 Å². The Hall–Kier alpha value is -4.01. The van der Waals surface area contributed by atoms with E-state index >= 15 is 0 Å². The minimum atomic E-state index is -0.565. The van der Waals surface area contributed by atoms with E-state index in [0.29, 0.717) is 44.1 Å². The Kier molecular flexibility index (Phi) is 3.54. The van der Waals surface area contributed by atoms with Gasteiger partial charge >= 0.3 is 0 Å². The maximum atomic E-state index is 14.1. The first-order chi connectivity index (χ1) is 14.0. The van der Waals surface area contributed by atoms with Crippen LogP contribution in [-0.2, 0) is 0 Å². The van der Waals surface area contributed by atoms with Gasteiger partial charge < -0.3 is 15.5 Å². The zero-order valence-electron chi connectivity index (χ0n) is 15.0. The third-order valence-electron chi connectivity index (χ3n) is 4.98. The van der Waals surface area contributed by atoms with Gasteiger partial charge in [-0.05, 0) is 23.8 Å². The van der Waals surface area contributed by atoms with Gasteiger partial charge in [0.2, 0.25) is 0 Å². The predicted molar refractivity (Wildman–Crippen MR) is 106 cm³/mol. The number of benzene rings is 2. The number of pyridine rings is 2. The minimum absolute atomic E-state index is 0.0580. The number of ether oxygens (including phenoxy) is 1. The molecule has 0 spiro atoms. The second-order valence-corrected chi connectivity index (χ2v) is 6.55. The summed E-state index contributed by atoms with van der Waals surface area (Å²) >= 11 is 0. The SMILES string of the molecule is COc1cc2c(-c3ccc(F)c4[nH]ncc34)c(N)c(=O)[nH]c2c2cc(F)cnc12. The molecule has 0 atom stereocenters. The number of hydrogen-bond acceptors (Lipinski definition) is 5. The normalized spacial score (nSPS) is 11.6. The van der Waals surface area contributed by atoms with E-state index in [0.717, 1.165) is 6.20 Å². The van der Waals surface area contributed by atoms with Gasteiger partial charge in [-0.3, -0.25) is 9.89 Å². The highest BCUT2D eigenvalue weighted by molar-refractivity contribution is 6.15. The topological polar surface area (TPSA) is 110 Å². The molecule has 4 N–H and O–H groups in total. The molecule has 0 aliphatic carbocycles. The molecule has 0 saturated carbocycles. The number of hydrogen-bond donors (Lipinski definition) is 3. The molecule has 0 aliphatic rings. The van der Waals surface area contributed by atoms with Crippen molar-refractivity contribution >= 4 is 38.4 Å². The third-order valence-corrected chi connectivity index (χ3v) is 4.98. The molecular weight excluding hydrogens is 380 g/mol. The summed E-state index contributed by atoms with van der Waals surface area (Å²) in [5.41, 5.74) is 7.35. The van der Waals surface area contributed by atoms with Gasteiger partial charge in [0, 0.05) is 21.7 Å². The number of fused-ring (bicyclic) bond motifs is 4. The number of halogens is 2. The van der Waals surface area contributed by atoms with E-state index in [1.807, 2.05) is 0 Å². The molecule has 29 heavy (non-hydrogen) atoms. The van der Waals surface area contributed by atoms with Gasteiger partial charge in [-0.1, -0.05) is 6.07 Å². The number of rotatable bonds is 2. The van der Waals surface area contributed by atoms with Crippen molar-refractivity contribution in [1.82, 2.24) is 20.2 Å². The molecular formula is C20H13F2N5O2. The molecule has 0 amide bonds. The zero-order chi connectivity index (χ0) is 20.3. The van der Waals surface area contributed by atoms with Crippen LogP contribution in [0.5, 0.6) is 5.75 Å². The molecule has 0 bridgehead atoms. The average Bonchev–Trinajstić information content (AvgIpc) is 3.21. The first-order valence-corrected chi connectivity index (χ1v) is 8.59. The van der Waals surface area contributed by atoms with Crippen molar-refractivity contribution in [3.63, 3.8) is 0 Å². The first-order valence-electron chi connectivity index (χ1n) is 8.59. The maximum Gasteiger partial charge on any atom is 0.272 e. The Morgan fingerprint density at radius 1 is 1.07 bits per heavy atom. The second-order valence-electron chi connectivity index (χ2n) is 6.55. The molecule has 3 heterocycles. The van der Waals surface area contributed by atoms with Crippen molar-refractivity contribution in [2.75, 3.05) is 12.8 Å². The van der Waals surface area contributed by atoms with Crippen LogP contribution in [0.2, 0.25) is 0 Å². The molecule has 3 aromatic heterocycles. The number of aromatic nitrogens is 4. The van der Waals surface area contributed by atoms with Crippen LogP contribution in [0.4, 0.5) is 14.5 Å². The second kappa shape index (κ2) is 5.99. The number of nitrogens with one attached hydrogen (secondary N) is 2. The Labute approximate surface area is 161 Å². The lowest BCUT2D eigenvalue weighted by atomic mass is 9.95. The third kappa shape index (κ3) is 2.37. The molecule has 7 nitrogen and oxygen atoms in total. The van der Waals surface area contributed by atoms with Crippen LogP contribution in [0.3, 0.4) is 0 Å². The van der Waals surface area contributed by atoms with Gasteiger partial charge in [0.25, 0.3) is 5.56 Å². The molecule has 9 heteroatoms. The molecule has 0 fully saturated rings. The van der Waals surface area contributed by atoms with E-state index in [9.17, 15) is 13.6 Å². The van der Waals surface area contributed by atoms with E-state index < -0.39 is 17.2 Å². The highest BCUT2D eigenvalue weighted by atomic mass is 19.1. The van der Waals surface area contributed by atoms with Crippen molar-refractivity contribution in [3.8, 4) is 16.9 Å². The number of nitrogens with two attached hydrogens (primary N) is 1. The van der Waals surface area contributed by atoms with E-state index in [4.69, 9.17) is 10.5 Å². The monoisotopic (exact) mass is 393 g/mol. The van der Waals surface area contributed by atoms with Gasteiger partial charge in [-0.2, -0.15) is 5.10 Å². The van der Waals surface area contributed by atoms with Crippen LogP contribution in [0.1, 0.15) is 0 Å². The summed E-state index contributed by atoms with van der Waals surface area (Å²) in [6.45, 7) is 0. The molecule has 0 radical (unpaired) electrons. The van der Waals surface area contributed by atoms with Crippen molar-refractivity contribution in [1.29, 1.82) is 0 Å².